The molecular formula is C10H12N2O2. The minimum atomic E-state index is -0.733. The average molecular weight is 192 g/mol. The first-order valence-electron chi connectivity index (χ1n) is 4.53. The van der Waals surface area contributed by atoms with E-state index in [2.05, 4.69) is 9.97 Å². The van der Waals surface area contributed by atoms with Crippen molar-refractivity contribution in [2.75, 3.05) is 0 Å². The van der Waals surface area contributed by atoms with E-state index in [0.29, 0.717) is 0 Å². The Labute approximate surface area is 82.0 Å². The number of carbonyl (C=O) groups is 1. The average Bonchev–Trinajstić information content (AvgIpc) is 2.71. The van der Waals surface area contributed by atoms with Crippen LogP contribution in [0.4, 0.5) is 0 Å². The molecule has 1 aromatic rings. The SMILES string of the molecule is CC1(C)C(C(=O)O)C1c1cncnc1. The van der Waals surface area contributed by atoms with Crippen LogP contribution in [0.25, 0.3) is 0 Å². The largest absolute Gasteiger partial charge is 0.481 e. The summed E-state index contributed by atoms with van der Waals surface area (Å²) in [5.41, 5.74) is 0.751. The highest BCUT2D eigenvalue weighted by Crippen LogP contribution is 2.64. The summed E-state index contributed by atoms with van der Waals surface area (Å²) < 4.78 is 0. The fourth-order valence-electron chi connectivity index (χ4n) is 2.19. The summed E-state index contributed by atoms with van der Waals surface area (Å²) in [7, 11) is 0. The van der Waals surface area contributed by atoms with Crippen molar-refractivity contribution in [3.05, 3.63) is 24.3 Å². The lowest BCUT2D eigenvalue weighted by molar-refractivity contribution is -0.139. The molecular weight excluding hydrogens is 180 g/mol. The summed E-state index contributed by atoms with van der Waals surface area (Å²) in [6.45, 7) is 3.92. The van der Waals surface area contributed by atoms with Crippen LogP contribution in [-0.4, -0.2) is 21.0 Å². The van der Waals surface area contributed by atoms with E-state index in [-0.39, 0.29) is 17.3 Å². The van der Waals surface area contributed by atoms with Crippen LogP contribution >= 0.6 is 0 Å². The van der Waals surface area contributed by atoms with Crippen LogP contribution in [0.2, 0.25) is 0 Å². The fourth-order valence-corrected chi connectivity index (χ4v) is 2.19. The lowest BCUT2D eigenvalue weighted by Gasteiger charge is -2.00. The smallest absolute Gasteiger partial charge is 0.307 e. The Hall–Kier alpha value is -1.45. The standard InChI is InChI=1S/C10H12N2O2/c1-10(2)7(8(10)9(13)14)6-3-11-5-12-4-6/h3-5,7-8H,1-2H3,(H,13,14). The molecule has 0 spiro atoms. The molecule has 1 fully saturated rings. The van der Waals surface area contributed by atoms with Crippen molar-refractivity contribution in [3.63, 3.8) is 0 Å². The van der Waals surface area contributed by atoms with E-state index in [9.17, 15) is 4.79 Å². The predicted octanol–water partition coefficient (Wildman–Crippen LogP) is 1.30. The molecule has 4 heteroatoms. The molecule has 1 saturated carbocycles. The number of rotatable bonds is 2. The van der Waals surface area contributed by atoms with E-state index in [1.165, 1.54) is 6.33 Å². The lowest BCUT2D eigenvalue weighted by atomic mass is 10.1. The number of nitrogens with zero attached hydrogens (tertiary/aromatic N) is 2. The predicted molar refractivity (Wildman–Crippen MR) is 49.7 cm³/mol. The van der Waals surface area contributed by atoms with Gasteiger partial charge in [0.15, 0.2) is 0 Å². The molecule has 1 aromatic heterocycles. The summed E-state index contributed by atoms with van der Waals surface area (Å²) in [4.78, 5) is 18.7. The third kappa shape index (κ3) is 1.18. The Balaban J connectivity index is 2.28. The van der Waals surface area contributed by atoms with Crippen molar-refractivity contribution < 1.29 is 9.90 Å². The quantitative estimate of drug-likeness (QED) is 0.767. The Bertz CT molecular complexity index is 362. The van der Waals surface area contributed by atoms with Gasteiger partial charge in [-0.05, 0) is 11.0 Å². The van der Waals surface area contributed by atoms with Gasteiger partial charge in [-0.3, -0.25) is 4.79 Å². The van der Waals surface area contributed by atoms with E-state index >= 15 is 0 Å². The minimum Gasteiger partial charge on any atom is -0.481 e. The minimum absolute atomic E-state index is 0.0567. The summed E-state index contributed by atoms with van der Waals surface area (Å²) in [6, 6.07) is 0. The molecule has 1 aliphatic rings. The highest BCUT2D eigenvalue weighted by molar-refractivity contribution is 5.77. The topological polar surface area (TPSA) is 63.1 Å². The fraction of sp³-hybridized carbons (Fsp3) is 0.500. The molecule has 2 unspecified atom stereocenters. The van der Waals surface area contributed by atoms with Crippen LogP contribution in [0.3, 0.4) is 0 Å². The van der Waals surface area contributed by atoms with Crippen LogP contribution in [0.1, 0.15) is 25.3 Å². The van der Waals surface area contributed by atoms with Crippen LogP contribution in [0.5, 0.6) is 0 Å². The molecule has 2 atom stereocenters. The van der Waals surface area contributed by atoms with Crippen molar-refractivity contribution in [1.82, 2.24) is 9.97 Å². The summed E-state index contributed by atoms with van der Waals surface area (Å²) >= 11 is 0. The lowest BCUT2D eigenvalue weighted by Crippen LogP contribution is -2.03. The van der Waals surface area contributed by atoms with Crippen molar-refractivity contribution in [2.24, 2.45) is 11.3 Å². The van der Waals surface area contributed by atoms with Gasteiger partial charge in [0.1, 0.15) is 6.33 Å². The molecule has 1 N–H and O–H groups in total. The van der Waals surface area contributed by atoms with Gasteiger partial charge >= 0.3 is 5.97 Å². The summed E-state index contributed by atoms with van der Waals surface area (Å²) in [5, 5.41) is 8.98. The zero-order chi connectivity index (χ0) is 10.3. The molecule has 1 aliphatic carbocycles. The summed E-state index contributed by atoms with van der Waals surface area (Å²) in [5.74, 6) is -0.974. The number of aromatic nitrogens is 2. The Morgan fingerprint density at radius 3 is 2.43 bits per heavy atom. The van der Waals surface area contributed by atoms with E-state index < -0.39 is 5.97 Å². The van der Waals surface area contributed by atoms with E-state index in [1.54, 1.807) is 12.4 Å². The molecule has 1 heterocycles. The number of hydrogen-bond donors (Lipinski definition) is 1. The number of carboxylic acids is 1. The van der Waals surface area contributed by atoms with Gasteiger partial charge in [-0.15, -0.1) is 0 Å². The van der Waals surface area contributed by atoms with Gasteiger partial charge in [-0.1, -0.05) is 13.8 Å². The molecule has 0 bridgehead atoms. The zero-order valence-electron chi connectivity index (χ0n) is 8.14. The van der Waals surface area contributed by atoms with Crippen LogP contribution in [0, 0.1) is 11.3 Å². The van der Waals surface area contributed by atoms with Gasteiger partial charge < -0.3 is 5.11 Å². The molecule has 74 valence electrons. The normalized spacial score (nSPS) is 28.4. The van der Waals surface area contributed by atoms with Crippen molar-refractivity contribution in [3.8, 4) is 0 Å². The molecule has 2 rings (SSSR count). The molecule has 14 heavy (non-hydrogen) atoms. The Morgan fingerprint density at radius 2 is 2.00 bits per heavy atom. The van der Waals surface area contributed by atoms with E-state index in [0.717, 1.165) is 5.56 Å². The van der Waals surface area contributed by atoms with Crippen molar-refractivity contribution in [2.45, 2.75) is 19.8 Å². The van der Waals surface area contributed by atoms with Crippen LogP contribution < -0.4 is 0 Å². The highest BCUT2D eigenvalue weighted by atomic mass is 16.4. The van der Waals surface area contributed by atoms with Gasteiger partial charge in [0, 0.05) is 18.3 Å². The first kappa shape index (κ1) is 9.12. The maximum absolute atomic E-state index is 10.9. The third-order valence-electron chi connectivity index (χ3n) is 3.03. The number of aliphatic carboxylic acids is 1. The van der Waals surface area contributed by atoms with Gasteiger partial charge in [0.25, 0.3) is 0 Å². The van der Waals surface area contributed by atoms with Crippen LogP contribution in [0.15, 0.2) is 18.7 Å². The second kappa shape index (κ2) is 2.77. The molecule has 0 radical (unpaired) electrons. The Morgan fingerprint density at radius 1 is 1.43 bits per heavy atom. The second-order valence-corrected chi connectivity index (χ2v) is 4.29. The first-order chi connectivity index (χ1) is 6.55. The van der Waals surface area contributed by atoms with Gasteiger partial charge in [-0.2, -0.15) is 0 Å². The summed E-state index contributed by atoms with van der Waals surface area (Å²) in [6.07, 6.45) is 4.85. The van der Waals surface area contributed by atoms with Crippen molar-refractivity contribution in [1.29, 1.82) is 0 Å². The molecule has 4 nitrogen and oxygen atoms in total. The molecule has 0 amide bonds. The van der Waals surface area contributed by atoms with E-state index in [1.807, 2.05) is 13.8 Å². The molecule has 0 aromatic carbocycles. The first-order valence-corrected chi connectivity index (χ1v) is 4.53. The highest BCUT2D eigenvalue weighted by Gasteiger charge is 2.62. The third-order valence-corrected chi connectivity index (χ3v) is 3.03. The maximum atomic E-state index is 10.9. The molecule has 0 aliphatic heterocycles. The van der Waals surface area contributed by atoms with Gasteiger partial charge in [-0.25, -0.2) is 9.97 Å². The van der Waals surface area contributed by atoms with Gasteiger partial charge in [0.05, 0.1) is 5.92 Å². The number of carboxylic acid groups (broad SMARTS) is 1. The van der Waals surface area contributed by atoms with E-state index in [4.69, 9.17) is 5.11 Å². The zero-order valence-corrected chi connectivity index (χ0v) is 8.14. The second-order valence-electron chi connectivity index (χ2n) is 4.29. The molecule has 0 saturated heterocycles. The number of hydrogen-bond acceptors (Lipinski definition) is 3. The van der Waals surface area contributed by atoms with Crippen molar-refractivity contribution >= 4 is 5.97 Å². The van der Waals surface area contributed by atoms with Crippen LogP contribution in [-0.2, 0) is 4.79 Å². The monoisotopic (exact) mass is 192 g/mol. The van der Waals surface area contributed by atoms with Gasteiger partial charge in [0.2, 0.25) is 0 Å². The maximum Gasteiger partial charge on any atom is 0.307 e. The Kier molecular flexibility index (Phi) is 1.80.